The van der Waals surface area contributed by atoms with Gasteiger partial charge in [0.2, 0.25) is 0 Å². The van der Waals surface area contributed by atoms with Gasteiger partial charge in [0.1, 0.15) is 5.72 Å². The maximum absolute atomic E-state index is 12.3. The second kappa shape index (κ2) is 8.16. The summed E-state index contributed by atoms with van der Waals surface area (Å²) in [7, 11) is 1.81. The molecule has 4 aromatic carbocycles. The zero-order valence-electron chi connectivity index (χ0n) is 20.9. The minimum atomic E-state index is -0.945. The minimum Gasteiger partial charge on any atom is -0.371 e. The molecule has 0 atom stereocenters. The fourth-order valence-corrected chi connectivity index (χ4v) is 5.57. The van der Waals surface area contributed by atoms with Gasteiger partial charge >= 0.3 is 0 Å². The Morgan fingerprint density at radius 1 is 0.947 bits per heavy atom. The van der Waals surface area contributed by atoms with Crippen molar-refractivity contribution >= 4 is 44.3 Å². The van der Waals surface area contributed by atoms with Crippen LogP contribution in [0.5, 0.6) is 0 Å². The summed E-state index contributed by atoms with van der Waals surface area (Å²) in [6.45, 7) is 0. The smallest absolute Gasteiger partial charge is 0.250 e. The summed E-state index contributed by atoms with van der Waals surface area (Å²) in [6.07, 6.45) is 3.25. The summed E-state index contributed by atoms with van der Waals surface area (Å²) >= 11 is 0. The zero-order chi connectivity index (χ0) is 26.0. The lowest BCUT2D eigenvalue weighted by Crippen LogP contribution is -2.35. The Hall–Kier alpha value is -4.68. The van der Waals surface area contributed by atoms with E-state index >= 15 is 0 Å². The number of amides is 1. The molecule has 6 nitrogen and oxygen atoms in total. The quantitative estimate of drug-likeness (QED) is 0.285. The first-order valence-electron chi connectivity index (χ1n) is 12.7. The number of benzene rings is 4. The van der Waals surface area contributed by atoms with Gasteiger partial charge in [-0.15, -0.1) is 0 Å². The SMILES string of the molecule is CN(c1cc(-n2c3ccccc3c3c(-c4cnc5ccccc5c4)cccc32)ccc1C(N)=O)C1(O)CC1. The van der Waals surface area contributed by atoms with Crippen LogP contribution >= 0.6 is 0 Å². The van der Waals surface area contributed by atoms with Crippen molar-refractivity contribution in [3.05, 3.63) is 103 Å². The lowest BCUT2D eigenvalue weighted by atomic mass is 9.99. The maximum Gasteiger partial charge on any atom is 0.250 e. The highest BCUT2D eigenvalue weighted by Gasteiger charge is 2.45. The van der Waals surface area contributed by atoms with E-state index in [1.807, 2.05) is 49.6 Å². The van der Waals surface area contributed by atoms with Crippen LogP contribution in [0.2, 0.25) is 0 Å². The number of aromatic nitrogens is 2. The molecule has 0 radical (unpaired) electrons. The number of pyridine rings is 1. The second-order valence-electron chi connectivity index (χ2n) is 10.1. The molecule has 1 fully saturated rings. The number of fused-ring (bicyclic) bond motifs is 4. The molecule has 1 aliphatic rings. The van der Waals surface area contributed by atoms with Gasteiger partial charge in [0.25, 0.3) is 5.91 Å². The molecule has 0 saturated heterocycles. The van der Waals surface area contributed by atoms with Crippen LogP contribution in [-0.4, -0.2) is 33.3 Å². The van der Waals surface area contributed by atoms with E-state index in [-0.39, 0.29) is 0 Å². The van der Waals surface area contributed by atoms with E-state index in [0.29, 0.717) is 24.1 Å². The fraction of sp³-hybridized carbons (Fsp3) is 0.125. The van der Waals surface area contributed by atoms with Crippen LogP contribution in [0.15, 0.2) is 97.2 Å². The molecule has 3 N–H and O–H groups in total. The van der Waals surface area contributed by atoms with Crippen LogP contribution in [0.1, 0.15) is 23.2 Å². The molecule has 186 valence electrons. The number of primary amides is 1. The number of para-hydroxylation sites is 2. The van der Waals surface area contributed by atoms with E-state index in [2.05, 4.69) is 53.1 Å². The third-order valence-electron chi connectivity index (χ3n) is 7.79. The molecule has 1 amide bonds. The topological polar surface area (TPSA) is 84.4 Å². The van der Waals surface area contributed by atoms with Gasteiger partial charge in [-0.05, 0) is 60.9 Å². The Bertz CT molecular complexity index is 1900. The van der Waals surface area contributed by atoms with Crippen molar-refractivity contribution in [2.75, 3.05) is 11.9 Å². The average Bonchev–Trinajstić information content (AvgIpc) is 3.61. The lowest BCUT2D eigenvalue weighted by molar-refractivity contribution is 0.0999. The van der Waals surface area contributed by atoms with Gasteiger partial charge in [0.05, 0.1) is 27.8 Å². The predicted molar refractivity (Wildman–Crippen MR) is 153 cm³/mol. The van der Waals surface area contributed by atoms with Crippen molar-refractivity contribution in [2.24, 2.45) is 5.73 Å². The molecule has 0 spiro atoms. The molecular formula is C32H26N4O2. The monoisotopic (exact) mass is 498 g/mol. The van der Waals surface area contributed by atoms with Crippen molar-refractivity contribution in [3.63, 3.8) is 0 Å². The standard InChI is InChI=1S/C32H26N4O2/c1-35(32(38)15-16-32)29-18-22(13-14-25(29)31(33)37)36-27-11-5-3-8-24(27)30-23(9-6-12-28(30)36)21-17-20-7-2-4-10-26(20)34-19-21/h2-14,17-19,38H,15-16H2,1H3,(H2,33,37). The molecular weight excluding hydrogens is 472 g/mol. The Morgan fingerprint density at radius 2 is 1.71 bits per heavy atom. The highest BCUT2D eigenvalue weighted by atomic mass is 16.3. The van der Waals surface area contributed by atoms with Crippen LogP contribution in [0.3, 0.4) is 0 Å². The molecule has 7 rings (SSSR count). The maximum atomic E-state index is 12.3. The minimum absolute atomic E-state index is 0.389. The number of carbonyl (C=O) groups is 1. The summed E-state index contributed by atoms with van der Waals surface area (Å²) in [4.78, 5) is 18.8. The predicted octanol–water partition coefficient (Wildman–Crippen LogP) is 6.02. The van der Waals surface area contributed by atoms with Gasteiger partial charge in [0, 0.05) is 40.7 Å². The van der Waals surface area contributed by atoms with Crippen LogP contribution in [-0.2, 0) is 0 Å². The molecule has 0 bridgehead atoms. The Kier molecular flexibility index (Phi) is 4.84. The third-order valence-corrected chi connectivity index (χ3v) is 7.79. The van der Waals surface area contributed by atoms with E-state index in [1.165, 1.54) is 0 Å². The van der Waals surface area contributed by atoms with Gasteiger partial charge in [-0.3, -0.25) is 9.78 Å². The van der Waals surface area contributed by atoms with Gasteiger partial charge in [0.15, 0.2) is 0 Å². The molecule has 0 aliphatic heterocycles. The number of anilines is 1. The zero-order valence-corrected chi connectivity index (χ0v) is 20.9. The second-order valence-corrected chi connectivity index (χ2v) is 10.1. The summed E-state index contributed by atoms with van der Waals surface area (Å²) in [6, 6.07) is 30.6. The van der Waals surface area contributed by atoms with Crippen LogP contribution in [0.25, 0.3) is 49.5 Å². The van der Waals surface area contributed by atoms with Crippen molar-refractivity contribution in [3.8, 4) is 16.8 Å². The Labute approximate surface area is 219 Å². The number of aliphatic hydroxyl groups is 1. The molecule has 2 heterocycles. The first-order valence-corrected chi connectivity index (χ1v) is 12.7. The summed E-state index contributed by atoms with van der Waals surface area (Å²) in [5.74, 6) is -0.518. The van der Waals surface area contributed by atoms with E-state index in [4.69, 9.17) is 10.7 Å². The average molecular weight is 499 g/mol. The van der Waals surface area contributed by atoms with Crippen molar-refractivity contribution in [1.82, 2.24) is 9.55 Å². The molecule has 38 heavy (non-hydrogen) atoms. The highest BCUT2D eigenvalue weighted by Crippen LogP contribution is 2.43. The molecule has 1 aliphatic carbocycles. The molecule has 6 aromatic rings. The van der Waals surface area contributed by atoms with Crippen molar-refractivity contribution in [2.45, 2.75) is 18.6 Å². The van der Waals surface area contributed by atoms with Gasteiger partial charge in [-0.1, -0.05) is 48.5 Å². The van der Waals surface area contributed by atoms with E-state index in [0.717, 1.165) is 49.5 Å². The van der Waals surface area contributed by atoms with Crippen LogP contribution < -0.4 is 10.6 Å². The molecule has 2 aromatic heterocycles. The summed E-state index contributed by atoms with van der Waals surface area (Å²) in [5.41, 5.74) is 11.9. The summed E-state index contributed by atoms with van der Waals surface area (Å²) in [5, 5.41) is 14.2. The fourth-order valence-electron chi connectivity index (χ4n) is 5.57. The van der Waals surface area contributed by atoms with E-state index in [9.17, 15) is 9.90 Å². The van der Waals surface area contributed by atoms with Crippen LogP contribution in [0, 0.1) is 0 Å². The summed E-state index contributed by atoms with van der Waals surface area (Å²) < 4.78 is 2.21. The van der Waals surface area contributed by atoms with E-state index in [1.54, 1.807) is 11.0 Å². The van der Waals surface area contributed by atoms with Gasteiger partial charge in [-0.25, -0.2) is 0 Å². The number of nitrogens with zero attached hydrogens (tertiary/aromatic N) is 3. The first-order chi connectivity index (χ1) is 18.4. The number of carbonyl (C=O) groups excluding carboxylic acids is 1. The molecule has 1 saturated carbocycles. The highest BCUT2D eigenvalue weighted by molar-refractivity contribution is 6.16. The molecule has 6 heteroatoms. The van der Waals surface area contributed by atoms with Crippen LogP contribution in [0.4, 0.5) is 5.69 Å². The third kappa shape index (κ3) is 3.38. The number of hydrogen-bond donors (Lipinski definition) is 2. The van der Waals surface area contributed by atoms with Crippen molar-refractivity contribution < 1.29 is 9.90 Å². The Morgan fingerprint density at radius 3 is 2.53 bits per heavy atom. The number of nitrogens with two attached hydrogens (primary N) is 1. The van der Waals surface area contributed by atoms with E-state index < -0.39 is 11.6 Å². The largest absolute Gasteiger partial charge is 0.371 e. The number of rotatable bonds is 5. The van der Waals surface area contributed by atoms with Gasteiger partial charge in [-0.2, -0.15) is 0 Å². The molecule has 0 unspecified atom stereocenters. The van der Waals surface area contributed by atoms with Crippen molar-refractivity contribution in [1.29, 1.82) is 0 Å². The lowest BCUT2D eigenvalue weighted by Gasteiger charge is -2.28. The first kappa shape index (κ1) is 22.5. The van der Waals surface area contributed by atoms with Gasteiger partial charge < -0.3 is 20.3 Å². The Balaban J connectivity index is 1.50. The normalized spacial score (nSPS) is 14.3. The number of hydrogen-bond acceptors (Lipinski definition) is 4.